The van der Waals surface area contributed by atoms with Crippen molar-refractivity contribution >= 4 is 22.6 Å². The number of rotatable bonds is 7. The Kier molecular flexibility index (Phi) is 8.41. The number of halogens is 3. The summed E-state index contributed by atoms with van der Waals surface area (Å²) in [5.41, 5.74) is 4.77. The zero-order valence-corrected chi connectivity index (χ0v) is 10.9. The third kappa shape index (κ3) is 6.54. The average molecular weight is 282 g/mol. The van der Waals surface area contributed by atoms with Gasteiger partial charge in [-0.3, -0.25) is 0 Å². The highest BCUT2D eigenvalue weighted by molar-refractivity contribution is 7.87. The smallest absolute Gasteiger partial charge is 0.279 e. The third-order valence-corrected chi connectivity index (χ3v) is 3.27. The number of nitrogens with one attached hydrogen (secondary N) is 1. The Morgan fingerprint density at radius 2 is 1.94 bits per heavy atom. The summed E-state index contributed by atoms with van der Waals surface area (Å²) < 4.78 is 50.8. The van der Waals surface area contributed by atoms with Gasteiger partial charge >= 0.3 is 0 Å². The van der Waals surface area contributed by atoms with E-state index in [1.165, 1.54) is 7.05 Å². The van der Waals surface area contributed by atoms with Crippen LogP contribution in [0.25, 0.3) is 0 Å². The van der Waals surface area contributed by atoms with Crippen molar-refractivity contribution in [3.63, 3.8) is 0 Å². The van der Waals surface area contributed by atoms with Gasteiger partial charge < -0.3 is 5.73 Å². The Bertz CT molecular complexity index is 287. The number of hydrogen-bond donors (Lipinski definition) is 2. The van der Waals surface area contributed by atoms with Crippen molar-refractivity contribution in [2.45, 2.75) is 19.3 Å². The van der Waals surface area contributed by atoms with Gasteiger partial charge in [-0.15, -0.1) is 12.4 Å². The van der Waals surface area contributed by atoms with Crippen molar-refractivity contribution in [3.05, 3.63) is 0 Å². The standard InChI is InChI=1S/C7H17F2N3O2S.ClH/c1-3-4-12(2)15(13,14)11-6-7(8,9)5-10;/h11H,3-6,10H2,1-2H3;1H. The highest BCUT2D eigenvalue weighted by Gasteiger charge is 2.29. The summed E-state index contributed by atoms with van der Waals surface area (Å²) >= 11 is 0. The minimum Gasteiger partial charge on any atom is -0.325 e. The van der Waals surface area contributed by atoms with Crippen LogP contribution in [0.1, 0.15) is 13.3 Å². The van der Waals surface area contributed by atoms with Crippen molar-refractivity contribution in [1.82, 2.24) is 9.03 Å². The summed E-state index contributed by atoms with van der Waals surface area (Å²) in [5.74, 6) is -3.21. The molecule has 0 heterocycles. The molecule has 0 aromatic carbocycles. The minimum atomic E-state index is -3.82. The lowest BCUT2D eigenvalue weighted by atomic mass is 10.3. The summed E-state index contributed by atoms with van der Waals surface area (Å²) in [5, 5.41) is 0. The van der Waals surface area contributed by atoms with E-state index in [4.69, 9.17) is 5.73 Å². The molecule has 3 N–H and O–H groups in total. The highest BCUT2D eigenvalue weighted by Crippen LogP contribution is 2.09. The first-order valence-corrected chi connectivity index (χ1v) is 5.98. The maximum Gasteiger partial charge on any atom is 0.279 e. The van der Waals surface area contributed by atoms with Gasteiger partial charge in [0, 0.05) is 13.6 Å². The van der Waals surface area contributed by atoms with Gasteiger partial charge in [-0.2, -0.15) is 17.4 Å². The van der Waals surface area contributed by atoms with Gasteiger partial charge in [-0.05, 0) is 6.42 Å². The molecule has 100 valence electrons. The molecule has 0 atom stereocenters. The quantitative estimate of drug-likeness (QED) is 0.699. The van der Waals surface area contributed by atoms with Gasteiger partial charge in [0.25, 0.3) is 16.1 Å². The zero-order chi connectivity index (χ0) is 12.1. The van der Waals surface area contributed by atoms with Crippen LogP contribution in [0.4, 0.5) is 8.78 Å². The van der Waals surface area contributed by atoms with Gasteiger partial charge in [-0.25, -0.2) is 8.78 Å². The molecule has 0 spiro atoms. The molecule has 0 saturated carbocycles. The maximum atomic E-state index is 12.7. The van der Waals surface area contributed by atoms with Gasteiger partial charge in [0.05, 0.1) is 13.1 Å². The van der Waals surface area contributed by atoms with Crippen LogP contribution in [0, 0.1) is 0 Å². The molecule has 9 heteroatoms. The number of alkyl halides is 2. The molecule has 0 rings (SSSR count). The van der Waals surface area contributed by atoms with Crippen LogP contribution in [-0.4, -0.2) is 45.3 Å². The van der Waals surface area contributed by atoms with E-state index in [-0.39, 0.29) is 19.0 Å². The van der Waals surface area contributed by atoms with E-state index in [2.05, 4.69) is 0 Å². The lowest BCUT2D eigenvalue weighted by Crippen LogP contribution is -2.46. The number of hydrogen-bond acceptors (Lipinski definition) is 3. The van der Waals surface area contributed by atoms with Gasteiger partial charge in [0.2, 0.25) is 0 Å². The minimum absolute atomic E-state index is 0. The molecule has 5 nitrogen and oxygen atoms in total. The van der Waals surface area contributed by atoms with Crippen molar-refractivity contribution < 1.29 is 17.2 Å². The van der Waals surface area contributed by atoms with E-state index >= 15 is 0 Å². The van der Waals surface area contributed by atoms with Crippen LogP contribution < -0.4 is 10.5 Å². The van der Waals surface area contributed by atoms with Crippen molar-refractivity contribution in [2.75, 3.05) is 26.7 Å². The van der Waals surface area contributed by atoms with Crippen molar-refractivity contribution in [1.29, 1.82) is 0 Å². The maximum absolute atomic E-state index is 12.7. The third-order valence-electron chi connectivity index (χ3n) is 1.76. The van der Waals surface area contributed by atoms with E-state index in [1.807, 2.05) is 0 Å². The van der Waals surface area contributed by atoms with E-state index < -0.39 is 29.2 Å². The Morgan fingerprint density at radius 1 is 1.44 bits per heavy atom. The zero-order valence-electron chi connectivity index (χ0n) is 9.24. The van der Waals surface area contributed by atoms with Gasteiger partial charge in [0.1, 0.15) is 0 Å². The second-order valence-electron chi connectivity index (χ2n) is 3.21. The molecule has 16 heavy (non-hydrogen) atoms. The molecule has 0 saturated heterocycles. The van der Waals surface area contributed by atoms with Gasteiger partial charge in [0.15, 0.2) is 0 Å². The molecule has 0 aromatic heterocycles. The van der Waals surface area contributed by atoms with Crippen LogP contribution in [-0.2, 0) is 10.2 Å². The Hall–Kier alpha value is -0.0200. The normalized spacial score (nSPS) is 12.6. The summed E-state index contributed by atoms with van der Waals surface area (Å²) in [4.78, 5) is 0. The Balaban J connectivity index is 0. The van der Waals surface area contributed by atoms with E-state index in [0.29, 0.717) is 6.42 Å². The second kappa shape index (κ2) is 7.33. The fourth-order valence-electron chi connectivity index (χ4n) is 0.814. The SMILES string of the molecule is CCCN(C)S(=O)(=O)NCC(F)(F)CN.Cl. The largest absolute Gasteiger partial charge is 0.325 e. The molecule has 0 unspecified atom stereocenters. The second-order valence-corrected chi connectivity index (χ2v) is 5.07. The van der Waals surface area contributed by atoms with E-state index in [1.54, 1.807) is 11.6 Å². The molecule has 0 bridgehead atoms. The van der Waals surface area contributed by atoms with Gasteiger partial charge in [-0.1, -0.05) is 6.92 Å². The number of nitrogens with zero attached hydrogens (tertiary/aromatic N) is 1. The monoisotopic (exact) mass is 281 g/mol. The summed E-state index contributed by atoms with van der Waals surface area (Å²) in [6, 6.07) is 0. The fourth-order valence-corrected chi connectivity index (χ4v) is 1.85. The molecule has 0 amide bonds. The molecule has 0 radical (unpaired) electrons. The summed E-state index contributed by atoms with van der Waals surface area (Å²) in [7, 11) is -2.49. The van der Waals surface area contributed by atoms with Crippen LogP contribution >= 0.6 is 12.4 Å². The summed E-state index contributed by atoms with van der Waals surface area (Å²) in [6.07, 6.45) is 0.616. The van der Waals surface area contributed by atoms with E-state index in [9.17, 15) is 17.2 Å². The fraction of sp³-hybridized carbons (Fsp3) is 1.00. The van der Waals surface area contributed by atoms with Crippen LogP contribution in [0.3, 0.4) is 0 Å². The van der Waals surface area contributed by atoms with E-state index in [0.717, 1.165) is 4.31 Å². The number of nitrogens with two attached hydrogens (primary N) is 1. The lowest BCUT2D eigenvalue weighted by molar-refractivity contribution is 0.0167. The van der Waals surface area contributed by atoms with Crippen molar-refractivity contribution in [3.8, 4) is 0 Å². The molecular weight excluding hydrogens is 264 g/mol. The predicted molar refractivity (Wildman–Crippen MR) is 61.1 cm³/mol. The first-order chi connectivity index (χ1) is 6.75. The molecule has 0 aliphatic rings. The Labute approximate surface area is 101 Å². The molecule has 0 fully saturated rings. The van der Waals surface area contributed by atoms with Crippen LogP contribution in [0.15, 0.2) is 0 Å². The Morgan fingerprint density at radius 3 is 2.31 bits per heavy atom. The predicted octanol–water partition coefficient (Wildman–Crippen LogP) is 0.178. The topological polar surface area (TPSA) is 75.4 Å². The van der Waals surface area contributed by atoms with Crippen molar-refractivity contribution in [2.24, 2.45) is 5.73 Å². The molecular formula is C7H18ClF2N3O2S. The molecule has 0 aromatic rings. The first kappa shape index (κ1) is 18.3. The average Bonchev–Trinajstić information content (AvgIpc) is 2.16. The molecule has 0 aliphatic carbocycles. The van der Waals surface area contributed by atoms with Crippen LogP contribution in [0.5, 0.6) is 0 Å². The molecule has 0 aliphatic heterocycles. The highest BCUT2D eigenvalue weighted by atomic mass is 35.5. The lowest BCUT2D eigenvalue weighted by Gasteiger charge is -2.19. The summed E-state index contributed by atoms with van der Waals surface area (Å²) in [6.45, 7) is 0.219. The van der Waals surface area contributed by atoms with Crippen LogP contribution in [0.2, 0.25) is 0 Å². The first-order valence-electron chi connectivity index (χ1n) is 4.54.